The summed E-state index contributed by atoms with van der Waals surface area (Å²) in [6.07, 6.45) is -0.197. The molecule has 1 aromatic heterocycles. The van der Waals surface area contributed by atoms with Gasteiger partial charge in [-0.15, -0.1) is 0 Å². The first-order chi connectivity index (χ1) is 5.59. The molecule has 0 radical (unpaired) electrons. The number of alkyl halides is 2. The minimum absolute atomic E-state index is 0.107. The zero-order valence-corrected chi connectivity index (χ0v) is 6.06. The predicted molar refractivity (Wildman–Crippen MR) is 38.1 cm³/mol. The van der Waals surface area contributed by atoms with Crippen molar-refractivity contribution in [1.29, 1.82) is 0 Å². The fourth-order valence-corrected chi connectivity index (χ4v) is 0.754. The molecule has 0 unspecified atom stereocenters. The van der Waals surface area contributed by atoms with Gasteiger partial charge in [0.25, 0.3) is 6.43 Å². The summed E-state index contributed by atoms with van der Waals surface area (Å²) in [5.74, 6) is 0. The van der Waals surface area contributed by atoms with Crippen LogP contribution in [0.2, 0.25) is 0 Å². The molecule has 0 atom stereocenters. The average molecular weight is 176 g/mol. The summed E-state index contributed by atoms with van der Waals surface area (Å²) in [7, 11) is -1.66. The van der Waals surface area contributed by atoms with E-state index in [1.54, 1.807) is 0 Å². The minimum Gasteiger partial charge on any atom is -0.423 e. The number of aromatic nitrogens is 2. The standard InChI is InChI=1S/C5H7BF2N2O2/c7-5(8)3-10-2-4(1-9-10)6(11)12/h1-2,5,11-12H,3H2. The van der Waals surface area contributed by atoms with Gasteiger partial charge in [-0.3, -0.25) is 4.68 Å². The molecule has 0 saturated heterocycles. The van der Waals surface area contributed by atoms with Gasteiger partial charge in [0.15, 0.2) is 0 Å². The fraction of sp³-hybridized carbons (Fsp3) is 0.400. The van der Waals surface area contributed by atoms with E-state index in [4.69, 9.17) is 10.0 Å². The van der Waals surface area contributed by atoms with E-state index in [1.165, 1.54) is 0 Å². The van der Waals surface area contributed by atoms with E-state index >= 15 is 0 Å². The van der Waals surface area contributed by atoms with Crippen LogP contribution in [0.15, 0.2) is 12.4 Å². The van der Waals surface area contributed by atoms with Crippen molar-refractivity contribution in [3.63, 3.8) is 0 Å². The van der Waals surface area contributed by atoms with Gasteiger partial charge in [-0.2, -0.15) is 5.10 Å². The first-order valence-electron chi connectivity index (χ1n) is 3.26. The van der Waals surface area contributed by atoms with Crippen LogP contribution in [0.1, 0.15) is 0 Å². The van der Waals surface area contributed by atoms with Crippen LogP contribution < -0.4 is 5.46 Å². The Kier molecular flexibility index (Phi) is 2.77. The smallest absolute Gasteiger partial charge is 0.423 e. The van der Waals surface area contributed by atoms with Crippen LogP contribution in [-0.4, -0.2) is 33.4 Å². The maximum absolute atomic E-state index is 11.7. The van der Waals surface area contributed by atoms with E-state index in [1.807, 2.05) is 0 Å². The van der Waals surface area contributed by atoms with Gasteiger partial charge in [0, 0.05) is 17.9 Å². The van der Waals surface area contributed by atoms with Crippen LogP contribution in [0.5, 0.6) is 0 Å². The summed E-state index contributed by atoms with van der Waals surface area (Å²) in [6, 6.07) is 0. The third-order valence-electron chi connectivity index (χ3n) is 1.28. The second kappa shape index (κ2) is 3.64. The molecule has 7 heteroatoms. The molecule has 0 aliphatic heterocycles. The second-order valence-corrected chi connectivity index (χ2v) is 2.26. The molecular weight excluding hydrogens is 169 g/mol. The molecule has 0 aliphatic carbocycles. The van der Waals surface area contributed by atoms with Crippen LogP contribution in [0, 0.1) is 0 Å². The van der Waals surface area contributed by atoms with Gasteiger partial charge in [0.1, 0.15) is 6.54 Å². The normalized spacial score (nSPS) is 10.8. The Morgan fingerprint density at radius 1 is 1.58 bits per heavy atom. The molecule has 66 valence electrons. The number of nitrogens with zero attached hydrogens (tertiary/aromatic N) is 2. The van der Waals surface area contributed by atoms with Gasteiger partial charge in [-0.05, 0) is 0 Å². The second-order valence-electron chi connectivity index (χ2n) is 2.26. The SMILES string of the molecule is OB(O)c1cnn(CC(F)F)c1. The van der Waals surface area contributed by atoms with E-state index in [2.05, 4.69) is 5.10 Å². The molecule has 2 N–H and O–H groups in total. The van der Waals surface area contributed by atoms with Gasteiger partial charge in [0.05, 0.1) is 0 Å². The summed E-state index contributed by atoms with van der Waals surface area (Å²) in [4.78, 5) is 0. The molecule has 0 aromatic carbocycles. The number of rotatable bonds is 3. The van der Waals surface area contributed by atoms with E-state index < -0.39 is 20.1 Å². The van der Waals surface area contributed by atoms with Crippen molar-refractivity contribution < 1.29 is 18.8 Å². The zero-order valence-electron chi connectivity index (χ0n) is 6.06. The first-order valence-corrected chi connectivity index (χ1v) is 3.26. The van der Waals surface area contributed by atoms with Gasteiger partial charge in [-0.1, -0.05) is 0 Å². The van der Waals surface area contributed by atoms with E-state index in [0.29, 0.717) is 0 Å². The number of hydrogen-bond acceptors (Lipinski definition) is 3. The van der Waals surface area contributed by atoms with Crippen molar-refractivity contribution in [2.45, 2.75) is 13.0 Å². The van der Waals surface area contributed by atoms with Crippen LogP contribution >= 0.6 is 0 Å². The summed E-state index contributed by atoms with van der Waals surface area (Å²) in [5.41, 5.74) is 0.107. The molecule has 1 rings (SSSR count). The van der Waals surface area contributed by atoms with Gasteiger partial charge in [-0.25, -0.2) is 8.78 Å². The van der Waals surface area contributed by atoms with Crippen molar-refractivity contribution >= 4 is 12.6 Å². The summed E-state index contributed by atoms with van der Waals surface area (Å²) in [6.45, 7) is -0.535. The monoisotopic (exact) mass is 176 g/mol. The largest absolute Gasteiger partial charge is 0.491 e. The predicted octanol–water partition coefficient (Wildman–Crippen LogP) is -1.17. The minimum atomic E-state index is -2.49. The lowest BCUT2D eigenvalue weighted by Gasteiger charge is -1.97. The molecule has 4 nitrogen and oxygen atoms in total. The Morgan fingerprint density at radius 2 is 2.25 bits per heavy atom. The zero-order chi connectivity index (χ0) is 9.14. The van der Waals surface area contributed by atoms with Gasteiger partial charge in [0.2, 0.25) is 0 Å². The Labute approximate surface area is 67.6 Å². The highest BCUT2D eigenvalue weighted by molar-refractivity contribution is 6.58. The summed E-state index contributed by atoms with van der Waals surface area (Å²) < 4.78 is 24.4. The number of halogens is 2. The molecule has 0 aliphatic rings. The quantitative estimate of drug-likeness (QED) is 0.570. The van der Waals surface area contributed by atoms with Crippen molar-refractivity contribution in [1.82, 2.24) is 9.78 Å². The lowest BCUT2D eigenvalue weighted by molar-refractivity contribution is 0.122. The summed E-state index contributed by atoms with van der Waals surface area (Å²) >= 11 is 0. The Morgan fingerprint density at radius 3 is 2.67 bits per heavy atom. The Balaban J connectivity index is 2.64. The van der Waals surface area contributed by atoms with Crippen molar-refractivity contribution in [3.05, 3.63) is 12.4 Å². The highest BCUT2D eigenvalue weighted by atomic mass is 19.3. The maximum atomic E-state index is 11.7. The first kappa shape index (κ1) is 9.15. The lowest BCUT2D eigenvalue weighted by atomic mass is 9.83. The van der Waals surface area contributed by atoms with E-state index in [-0.39, 0.29) is 5.46 Å². The van der Waals surface area contributed by atoms with Crippen LogP contribution in [0.3, 0.4) is 0 Å². The van der Waals surface area contributed by atoms with Crippen LogP contribution in [0.4, 0.5) is 8.78 Å². The highest BCUT2D eigenvalue weighted by Gasteiger charge is 2.14. The topological polar surface area (TPSA) is 58.3 Å². The highest BCUT2D eigenvalue weighted by Crippen LogP contribution is 1.95. The molecule has 0 amide bonds. The van der Waals surface area contributed by atoms with Crippen molar-refractivity contribution in [2.24, 2.45) is 0 Å². The molecule has 1 heterocycles. The van der Waals surface area contributed by atoms with Gasteiger partial charge >= 0.3 is 7.12 Å². The van der Waals surface area contributed by atoms with Gasteiger partial charge < -0.3 is 10.0 Å². The Hall–Kier alpha value is -0.945. The average Bonchev–Trinajstić information content (AvgIpc) is 2.34. The van der Waals surface area contributed by atoms with Crippen LogP contribution in [-0.2, 0) is 6.54 Å². The molecule has 12 heavy (non-hydrogen) atoms. The molecular formula is C5H7BF2N2O2. The van der Waals surface area contributed by atoms with Crippen LogP contribution in [0.25, 0.3) is 0 Å². The van der Waals surface area contributed by atoms with Crippen molar-refractivity contribution in [2.75, 3.05) is 0 Å². The Bertz CT molecular complexity index is 253. The molecule has 0 bridgehead atoms. The van der Waals surface area contributed by atoms with Crippen molar-refractivity contribution in [3.8, 4) is 0 Å². The fourth-order valence-electron chi connectivity index (χ4n) is 0.754. The molecule has 1 aromatic rings. The maximum Gasteiger partial charge on any atom is 0.491 e. The number of hydrogen-bond donors (Lipinski definition) is 2. The lowest BCUT2D eigenvalue weighted by Crippen LogP contribution is -2.28. The third-order valence-corrected chi connectivity index (χ3v) is 1.28. The molecule has 0 fully saturated rings. The summed E-state index contributed by atoms with van der Waals surface area (Å²) in [5, 5.41) is 20.7. The van der Waals surface area contributed by atoms with E-state index in [9.17, 15) is 8.78 Å². The van der Waals surface area contributed by atoms with E-state index in [0.717, 1.165) is 17.1 Å². The molecule has 0 spiro atoms. The molecule has 0 saturated carbocycles. The third kappa shape index (κ3) is 2.28.